The molecular weight excluding hydrogens is 305 g/mol. The maximum Gasteiger partial charge on any atom is 0.243 e. The molecule has 120 valence electrons. The summed E-state index contributed by atoms with van der Waals surface area (Å²) in [6.45, 7) is 0.736. The van der Waals surface area contributed by atoms with Crippen LogP contribution in [0.3, 0.4) is 0 Å². The summed E-state index contributed by atoms with van der Waals surface area (Å²) in [5, 5.41) is 2.29. The van der Waals surface area contributed by atoms with Crippen molar-refractivity contribution in [3.8, 4) is 0 Å². The van der Waals surface area contributed by atoms with Gasteiger partial charge in [-0.3, -0.25) is 4.79 Å². The summed E-state index contributed by atoms with van der Waals surface area (Å²) in [4.78, 5) is 14.0. The fourth-order valence-electron chi connectivity index (χ4n) is 2.76. The molecule has 1 heterocycles. The number of aryl methyl sites for hydroxylation is 1. The Morgan fingerprint density at radius 2 is 1.87 bits per heavy atom. The number of hydrogen-bond acceptors (Lipinski definition) is 2. The number of benzene rings is 2. The average Bonchev–Trinajstić information content (AvgIpc) is 2.56. The Hall–Kier alpha value is -2.50. The molecule has 3 rings (SSSR count). The first kappa shape index (κ1) is 15.4. The number of anilines is 2. The average molecular weight is 320 g/mol. The van der Waals surface area contributed by atoms with Crippen LogP contribution in [0, 0.1) is 17.5 Å². The third-order valence-electron chi connectivity index (χ3n) is 3.85. The van der Waals surface area contributed by atoms with E-state index in [-0.39, 0.29) is 12.2 Å². The molecule has 0 spiro atoms. The van der Waals surface area contributed by atoms with E-state index in [1.807, 2.05) is 29.2 Å². The number of hydrogen-bond donors (Lipinski definition) is 1. The van der Waals surface area contributed by atoms with Crippen LogP contribution in [0.5, 0.6) is 0 Å². The zero-order valence-corrected chi connectivity index (χ0v) is 12.3. The number of nitrogens with one attached hydrogen (secondary N) is 1. The SMILES string of the molecule is O=C(CN1CCCc2ccccc21)Nc1ccc(F)c(F)c1F. The largest absolute Gasteiger partial charge is 0.362 e. The van der Waals surface area contributed by atoms with Gasteiger partial charge in [0, 0.05) is 12.2 Å². The zero-order chi connectivity index (χ0) is 16.4. The molecule has 1 N–H and O–H groups in total. The lowest BCUT2D eigenvalue weighted by Crippen LogP contribution is -2.36. The molecule has 6 heteroatoms. The van der Waals surface area contributed by atoms with E-state index in [1.54, 1.807) is 0 Å². The van der Waals surface area contributed by atoms with Crippen LogP contribution in [0.2, 0.25) is 0 Å². The molecule has 0 radical (unpaired) electrons. The van der Waals surface area contributed by atoms with E-state index >= 15 is 0 Å². The van der Waals surface area contributed by atoms with Gasteiger partial charge < -0.3 is 10.2 Å². The molecule has 23 heavy (non-hydrogen) atoms. The molecule has 2 aromatic rings. The highest BCUT2D eigenvalue weighted by Crippen LogP contribution is 2.26. The van der Waals surface area contributed by atoms with Crippen molar-refractivity contribution in [3.63, 3.8) is 0 Å². The Bertz CT molecular complexity index is 749. The Morgan fingerprint density at radius 1 is 1.09 bits per heavy atom. The molecule has 0 atom stereocenters. The van der Waals surface area contributed by atoms with Gasteiger partial charge in [-0.15, -0.1) is 0 Å². The van der Waals surface area contributed by atoms with Crippen molar-refractivity contribution in [2.45, 2.75) is 12.8 Å². The summed E-state index contributed by atoms with van der Waals surface area (Å²) in [7, 11) is 0. The molecule has 0 aliphatic carbocycles. The van der Waals surface area contributed by atoms with E-state index in [9.17, 15) is 18.0 Å². The molecule has 0 saturated carbocycles. The fraction of sp³-hybridized carbons (Fsp3) is 0.235. The summed E-state index contributed by atoms with van der Waals surface area (Å²) in [5.41, 5.74) is 1.77. The molecule has 1 aliphatic heterocycles. The summed E-state index contributed by atoms with van der Waals surface area (Å²) < 4.78 is 39.7. The van der Waals surface area contributed by atoms with E-state index in [0.717, 1.165) is 36.2 Å². The predicted molar refractivity (Wildman–Crippen MR) is 81.9 cm³/mol. The van der Waals surface area contributed by atoms with Crippen LogP contribution < -0.4 is 10.2 Å². The molecule has 3 nitrogen and oxygen atoms in total. The quantitative estimate of drug-likeness (QED) is 0.878. The van der Waals surface area contributed by atoms with Crippen LogP contribution in [0.15, 0.2) is 36.4 Å². The van der Waals surface area contributed by atoms with Crippen molar-refractivity contribution in [2.75, 3.05) is 23.3 Å². The number of rotatable bonds is 3. The van der Waals surface area contributed by atoms with Gasteiger partial charge in [-0.2, -0.15) is 0 Å². The van der Waals surface area contributed by atoms with E-state index < -0.39 is 23.4 Å². The zero-order valence-electron chi connectivity index (χ0n) is 12.3. The van der Waals surface area contributed by atoms with Crippen LogP contribution in [-0.2, 0) is 11.2 Å². The first-order valence-corrected chi connectivity index (χ1v) is 7.32. The van der Waals surface area contributed by atoms with Gasteiger partial charge in [0.2, 0.25) is 5.91 Å². The number of halogens is 3. The first-order chi connectivity index (χ1) is 11.1. The molecule has 2 aromatic carbocycles. The lowest BCUT2D eigenvalue weighted by atomic mass is 10.0. The molecule has 0 bridgehead atoms. The number of carbonyl (C=O) groups is 1. The molecule has 1 amide bonds. The Kier molecular flexibility index (Phi) is 4.23. The number of fused-ring (bicyclic) bond motifs is 1. The van der Waals surface area contributed by atoms with Gasteiger partial charge in [0.15, 0.2) is 17.5 Å². The number of para-hydroxylation sites is 1. The normalized spacial score (nSPS) is 13.6. The van der Waals surface area contributed by atoms with Crippen molar-refractivity contribution in [1.82, 2.24) is 0 Å². The maximum atomic E-state index is 13.6. The van der Waals surface area contributed by atoms with Crippen LogP contribution in [-0.4, -0.2) is 19.0 Å². The topological polar surface area (TPSA) is 32.3 Å². The van der Waals surface area contributed by atoms with Crippen LogP contribution in [0.1, 0.15) is 12.0 Å². The molecule has 0 unspecified atom stereocenters. The van der Waals surface area contributed by atoms with Crippen LogP contribution in [0.4, 0.5) is 24.5 Å². The molecule has 0 aromatic heterocycles. The monoisotopic (exact) mass is 320 g/mol. The second-order valence-corrected chi connectivity index (χ2v) is 5.42. The number of carbonyl (C=O) groups excluding carboxylic acids is 1. The highest BCUT2D eigenvalue weighted by molar-refractivity contribution is 5.94. The summed E-state index contributed by atoms with van der Waals surface area (Å²) in [5.74, 6) is -4.75. The highest BCUT2D eigenvalue weighted by Gasteiger charge is 2.20. The number of amides is 1. The first-order valence-electron chi connectivity index (χ1n) is 7.32. The molecular formula is C17H15F3N2O. The van der Waals surface area contributed by atoms with Crippen molar-refractivity contribution in [1.29, 1.82) is 0 Å². The van der Waals surface area contributed by atoms with Crippen LogP contribution >= 0.6 is 0 Å². The summed E-state index contributed by atoms with van der Waals surface area (Å²) in [6, 6.07) is 9.57. The van der Waals surface area contributed by atoms with Gasteiger partial charge in [-0.1, -0.05) is 18.2 Å². The van der Waals surface area contributed by atoms with E-state index in [1.165, 1.54) is 0 Å². The Labute approximate surface area is 131 Å². The lowest BCUT2D eigenvalue weighted by Gasteiger charge is -2.30. The van der Waals surface area contributed by atoms with Crippen molar-refractivity contribution >= 4 is 17.3 Å². The summed E-state index contributed by atoms with van der Waals surface area (Å²) in [6.07, 6.45) is 1.87. The van der Waals surface area contributed by atoms with Crippen molar-refractivity contribution < 1.29 is 18.0 Å². The van der Waals surface area contributed by atoms with Crippen molar-refractivity contribution in [3.05, 3.63) is 59.4 Å². The van der Waals surface area contributed by atoms with E-state index in [2.05, 4.69) is 5.32 Å². The standard InChI is InChI=1S/C17H15F3N2O/c18-12-7-8-13(17(20)16(12)19)21-15(23)10-22-9-3-5-11-4-1-2-6-14(11)22/h1-2,4,6-8H,3,5,9-10H2,(H,21,23). The third kappa shape index (κ3) is 3.16. The van der Waals surface area contributed by atoms with Gasteiger partial charge in [0.05, 0.1) is 12.2 Å². The van der Waals surface area contributed by atoms with Crippen molar-refractivity contribution in [2.24, 2.45) is 0 Å². The van der Waals surface area contributed by atoms with E-state index in [0.29, 0.717) is 6.54 Å². The maximum absolute atomic E-state index is 13.6. The van der Waals surface area contributed by atoms with E-state index in [4.69, 9.17) is 0 Å². The number of nitrogens with zero attached hydrogens (tertiary/aromatic N) is 1. The Balaban J connectivity index is 1.73. The minimum absolute atomic E-state index is 0.0233. The minimum atomic E-state index is -1.59. The second kappa shape index (κ2) is 6.32. The van der Waals surface area contributed by atoms with Gasteiger partial charge in [0.25, 0.3) is 0 Å². The minimum Gasteiger partial charge on any atom is -0.362 e. The third-order valence-corrected chi connectivity index (χ3v) is 3.85. The molecule has 0 fully saturated rings. The van der Waals surface area contributed by atoms with Gasteiger partial charge in [-0.25, -0.2) is 13.2 Å². The smallest absolute Gasteiger partial charge is 0.243 e. The van der Waals surface area contributed by atoms with Gasteiger partial charge in [0.1, 0.15) is 0 Å². The Morgan fingerprint density at radius 3 is 2.70 bits per heavy atom. The highest BCUT2D eigenvalue weighted by atomic mass is 19.2. The predicted octanol–water partition coefficient (Wildman–Crippen LogP) is 3.50. The lowest BCUT2D eigenvalue weighted by molar-refractivity contribution is -0.115. The summed E-state index contributed by atoms with van der Waals surface area (Å²) >= 11 is 0. The second-order valence-electron chi connectivity index (χ2n) is 5.42. The molecule has 1 aliphatic rings. The van der Waals surface area contributed by atoms with Crippen LogP contribution in [0.25, 0.3) is 0 Å². The van der Waals surface area contributed by atoms with Gasteiger partial charge >= 0.3 is 0 Å². The fourth-order valence-corrected chi connectivity index (χ4v) is 2.76. The molecule has 0 saturated heterocycles. The van der Waals surface area contributed by atoms with Gasteiger partial charge in [-0.05, 0) is 36.6 Å².